The highest BCUT2D eigenvalue weighted by Crippen LogP contribution is 2.32. The van der Waals surface area contributed by atoms with Crippen molar-refractivity contribution in [1.82, 2.24) is 14.8 Å². The Morgan fingerprint density at radius 2 is 2.08 bits per heavy atom. The van der Waals surface area contributed by atoms with Gasteiger partial charge in [0.1, 0.15) is 0 Å². The van der Waals surface area contributed by atoms with Crippen molar-refractivity contribution in [1.29, 1.82) is 0 Å². The lowest BCUT2D eigenvalue weighted by molar-refractivity contribution is -0.137. The van der Waals surface area contributed by atoms with E-state index in [1.54, 1.807) is 0 Å². The molecule has 2 amide bonds. The molecule has 5 heteroatoms. The standard InChI is InChI=1S/C19H29N3O2/c1-14(7-10-17-6-4-11-21(17)2)20-18(23)16-5-3-12-22(13-16)19(24)15-8-9-15/h4,6,11,14-16H,3,5,7-10,12-13H2,1-2H3,(H,20,23). The minimum Gasteiger partial charge on any atom is -0.354 e. The molecule has 1 aromatic heterocycles. The Morgan fingerprint density at radius 1 is 1.29 bits per heavy atom. The van der Waals surface area contributed by atoms with Crippen LogP contribution in [0.15, 0.2) is 18.3 Å². The highest BCUT2D eigenvalue weighted by atomic mass is 16.2. The van der Waals surface area contributed by atoms with Crippen molar-refractivity contribution in [2.75, 3.05) is 13.1 Å². The predicted molar refractivity (Wildman–Crippen MR) is 93.4 cm³/mol. The van der Waals surface area contributed by atoms with Crippen LogP contribution in [0, 0.1) is 11.8 Å². The number of rotatable bonds is 6. The Hall–Kier alpha value is -1.78. The van der Waals surface area contributed by atoms with Crippen LogP contribution in [0.3, 0.4) is 0 Å². The van der Waals surface area contributed by atoms with E-state index in [0.29, 0.717) is 6.54 Å². The average Bonchev–Trinajstić information content (AvgIpc) is 3.35. The fraction of sp³-hybridized carbons (Fsp3) is 0.684. The molecule has 1 aliphatic heterocycles. The molecule has 1 saturated heterocycles. The number of nitrogens with zero attached hydrogens (tertiary/aromatic N) is 2. The molecule has 5 nitrogen and oxygen atoms in total. The van der Waals surface area contributed by atoms with Gasteiger partial charge in [-0.2, -0.15) is 0 Å². The maximum Gasteiger partial charge on any atom is 0.225 e. The minimum absolute atomic E-state index is 0.0427. The summed E-state index contributed by atoms with van der Waals surface area (Å²) in [5.74, 6) is 0.585. The minimum atomic E-state index is -0.0427. The van der Waals surface area contributed by atoms with Crippen LogP contribution in [0.25, 0.3) is 0 Å². The van der Waals surface area contributed by atoms with Crippen molar-refractivity contribution in [2.24, 2.45) is 18.9 Å². The van der Waals surface area contributed by atoms with Gasteiger partial charge in [0.15, 0.2) is 0 Å². The number of piperidine rings is 1. The molecular weight excluding hydrogens is 302 g/mol. The van der Waals surface area contributed by atoms with Gasteiger partial charge in [0.2, 0.25) is 11.8 Å². The summed E-state index contributed by atoms with van der Waals surface area (Å²) in [7, 11) is 2.05. The van der Waals surface area contributed by atoms with Crippen LogP contribution in [0.5, 0.6) is 0 Å². The molecule has 2 aliphatic rings. The topological polar surface area (TPSA) is 54.3 Å². The summed E-state index contributed by atoms with van der Waals surface area (Å²) in [6, 6.07) is 4.32. The molecule has 0 spiro atoms. The second-order valence-corrected chi connectivity index (χ2v) is 7.46. The summed E-state index contributed by atoms with van der Waals surface area (Å²) in [5.41, 5.74) is 1.29. The van der Waals surface area contributed by atoms with Crippen LogP contribution in [-0.2, 0) is 23.1 Å². The first-order valence-corrected chi connectivity index (χ1v) is 9.24. The van der Waals surface area contributed by atoms with Crippen LogP contribution >= 0.6 is 0 Å². The van der Waals surface area contributed by atoms with E-state index in [-0.39, 0.29) is 29.7 Å². The summed E-state index contributed by atoms with van der Waals surface area (Å²) < 4.78 is 2.12. The molecule has 2 unspecified atom stereocenters. The first kappa shape index (κ1) is 17.1. The number of nitrogens with one attached hydrogen (secondary N) is 1. The highest BCUT2D eigenvalue weighted by Gasteiger charge is 2.36. The second kappa shape index (κ2) is 7.41. The van der Waals surface area contributed by atoms with Gasteiger partial charge in [0.25, 0.3) is 0 Å². The normalized spacial score (nSPS) is 22.2. The third-order valence-corrected chi connectivity index (χ3v) is 5.30. The second-order valence-electron chi connectivity index (χ2n) is 7.46. The number of carbonyl (C=O) groups is 2. The van der Waals surface area contributed by atoms with Crippen LogP contribution in [0.4, 0.5) is 0 Å². The lowest BCUT2D eigenvalue weighted by Gasteiger charge is -2.32. The van der Waals surface area contributed by atoms with E-state index >= 15 is 0 Å². The van der Waals surface area contributed by atoms with Gasteiger partial charge in [0, 0.05) is 44.0 Å². The molecule has 1 aliphatic carbocycles. The maximum absolute atomic E-state index is 12.5. The number of aromatic nitrogens is 1. The SMILES string of the molecule is CC(CCc1cccn1C)NC(=O)C1CCCN(C(=O)C2CC2)C1. The predicted octanol–water partition coefficient (Wildman–Crippen LogP) is 2.11. The van der Waals surface area contributed by atoms with Gasteiger partial charge in [0.05, 0.1) is 5.92 Å². The average molecular weight is 331 g/mol. The number of carbonyl (C=O) groups excluding carboxylic acids is 2. The van der Waals surface area contributed by atoms with E-state index in [0.717, 1.165) is 45.1 Å². The molecule has 1 aromatic rings. The Balaban J connectivity index is 1.45. The zero-order chi connectivity index (χ0) is 17.1. The van der Waals surface area contributed by atoms with Crippen molar-refractivity contribution < 1.29 is 9.59 Å². The first-order valence-electron chi connectivity index (χ1n) is 9.24. The van der Waals surface area contributed by atoms with E-state index in [2.05, 4.69) is 22.9 Å². The largest absolute Gasteiger partial charge is 0.354 e. The molecule has 0 bridgehead atoms. The molecule has 1 saturated carbocycles. The first-order chi connectivity index (χ1) is 11.5. The third kappa shape index (κ3) is 4.19. The quantitative estimate of drug-likeness (QED) is 0.868. The lowest BCUT2D eigenvalue weighted by Crippen LogP contribution is -2.47. The molecular formula is C19H29N3O2. The molecule has 1 N–H and O–H groups in total. The van der Waals surface area contributed by atoms with Crippen molar-refractivity contribution in [3.8, 4) is 0 Å². The third-order valence-electron chi connectivity index (χ3n) is 5.30. The fourth-order valence-corrected chi connectivity index (χ4v) is 3.53. The molecule has 24 heavy (non-hydrogen) atoms. The van der Waals surface area contributed by atoms with E-state index in [9.17, 15) is 9.59 Å². The summed E-state index contributed by atoms with van der Waals surface area (Å²) in [6.07, 6.45) is 7.83. The van der Waals surface area contributed by atoms with E-state index in [1.807, 2.05) is 24.2 Å². The van der Waals surface area contributed by atoms with E-state index < -0.39 is 0 Å². The van der Waals surface area contributed by atoms with Crippen LogP contribution < -0.4 is 5.32 Å². The molecule has 2 fully saturated rings. The molecule has 3 rings (SSSR count). The molecule has 0 radical (unpaired) electrons. The Labute approximate surface area is 144 Å². The number of likely N-dealkylation sites (tertiary alicyclic amines) is 1. The van der Waals surface area contributed by atoms with E-state index in [4.69, 9.17) is 0 Å². The van der Waals surface area contributed by atoms with Crippen molar-refractivity contribution >= 4 is 11.8 Å². The van der Waals surface area contributed by atoms with Crippen molar-refractivity contribution in [3.63, 3.8) is 0 Å². The molecule has 2 atom stereocenters. The molecule has 132 valence electrons. The summed E-state index contributed by atoms with van der Waals surface area (Å²) in [4.78, 5) is 26.7. The van der Waals surface area contributed by atoms with E-state index in [1.165, 1.54) is 5.69 Å². The zero-order valence-electron chi connectivity index (χ0n) is 14.8. The number of hydrogen-bond acceptors (Lipinski definition) is 2. The van der Waals surface area contributed by atoms with Crippen molar-refractivity contribution in [2.45, 2.75) is 51.5 Å². The molecule has 0 aromatic carbocycles. The Bertz CT molecular complexity index is 591. The number of hydrogen-bond donors (Lipinski definition) is 1. The smallest absolute Gasteiger partial charge is 0.225 e. The van der Waals surface area contributed by atoms with Gasteiger partial charge in [-0.15, -0.1) is 0 Å². The summed E-state index contributed by atoms with van der Waals surface area (Å²) >= 11 is 0. The Kier molecular flexibility index (Phi) is 5.27. The fourth-order valence-electron chi connectivity index (χ4n) is 3.53. The Morgan fingerprint density at radius 3 is 2.75 bits per heavy atom. The maximum atomic E-state index is 12.5. The molecule has 2 heterocycles. The van der Waals surface area contributed by atoms with Gasteiger partial charge < -0.3 is 14.8 Å². The van der Waals surface area contributed by atoms with Crippen LogP contribution in [-0.4, -0.2) is 40.4 Å². The number of amides is 2. The van der Waals surface area contributed by atoms with Crippen LogP contribution in [0.1, 0.15) is 44.7 Å². The monoisotopic (exact) mass is 331 g/mol. The zero-order valence-corrected chi connectivity index (χ0v) is 14.8. The lowest BCUT2D eigenvalue weighted by atomic mass is 9.96. The van der Waals surface area contributed by atoms with Crippen molar-refractivity contribution in [3.05, 3.63) is 24.0 Å². The van der Waals surface area contributed by atoms with Gasteiger partial charge in [-0.3, -0.25) is 9.59 Å². The summed E-state index contributed by atoms with van der Waals surface area (Å²) in [6.45, 7) is 3.49. The van der Waals surface area contributed by atoms with Gasteiger partial charge in [-0.25, -0.2) is 0 Å². The van der Waals surface area contributed by atoms with Gasteiger partial charge >= 0.3 is 0 Å². The van der Waals surface area contributed by atoms with Crippen LogP contribution in [0.2, 0.25) is 0 Å². The number of aryl methyl sites for hydroxylation is 2. The van der Waals surface area contributed by atoms with Gasteiger partial charge in [-0.05, 0) is 57.6 Å². The summed E-state index contributed by atoms with van der Waals surface area (Å²) in [5, 5.41) is 3.15. The van der Waals surface area contributed by atoms with Gasteiger partial charge in [-0.1, -0.05) is 0 Å². The highest BCUT2D eigenvalue weighted by molar-refractivity contribution is 5.83.